The fourth-order valence-electron chi connectivity index (χ4n) is 3.04. The number of carbonyl (C=O) groups excluding carboxylic acids is 1. The number of hydrogen-bond donors (Lipinski definition) is 1. The minimum atomic E-state index is 0.192. The lowest BCUT2D eigenvalue weighted by Gasteiger charge is -2.32. The van der Waals surface area contributed by atoms with Crippen molar-refractivity contribution >= 4 is 11.6 Å². The molecule has 1 aromatic carbocycles. The predicted octanol–water partition coefficient (Wildman–Crippen LogP) is 3.37. The van der Waals surface area contributed by atoms with Gasteiger partial charge < -0.3 is 10.6 Å². The van der Waals surface area contributed by atoms with Crippen molar-refractivity contribution in [3.63, 3.8) is 0 Å². The molecule has 1 aliphatic heterocycles. The van der Waals surface area contributed by atoms with E-state index in [1.165, 1.54) is 11.1 Å². The molecule has 0 fully saturated rings. The maximum atomic E-state index is 12.6. The summed E-state index contributed by atoms with van der Waals surface area (Å²) in [5.74, 6) is 0.520. The first-order chi connectivity index (χ1) is 9.67. The van der Waals surface area contributed by atoms with Crippen LogP contribution >= 0.6 is 0 Å². The molecular weight excluding hydrogens is 248 g/mol. The highest BCUT2D eigenvalue weighted by atomic mass is 16.2. The van der Waals surface area contributed by atoms with Gasteiger partial charge in [0.15, 0.2) is 0 Å². The summed E-state index contributed by atoms with van der Waals surface area (Å²) in [6.07, 6.45) is 5.15. The zero-order chi connectivity index (χ0) is 14.5. The predicted molar refractivity (Wildman–Crippen MR) is 83.3 cm³/mol. The van der Waals surface area contributed by atoms with E-state index in [0.717, 1.165) is 50.9 Å². The number of benzene rings is 1. The van der Waals surface area contributed by atoms with Crippen molar-refractivity contribution in [1.29, 1.82) is 0 Å². The molecule has 1 aliphatic rings. The number of nitrogens with two attached hydrogens (primary N) is 1. The maximum Gasteiger partial charge on any atom is 0.225 e. The lowest BCUT2D eigenvalue weighted by atomic mass is 9.94. The van der Waals surface area contributed by atoms with Crippen LogP contribution in [0.3, 0.4) is 0 Å². The van der Waals surface area contributed by atoms with E-state index in [-0.39, 0.29) is 5.92 Å². The SMILES string of the molecule is CCCCC(CC)C(=O)N1CCc2c(N)cccc2C1. The molecule has 110 valence electrons. The molecule has 1 heterocycles. The Morgan fingerprint density at radius 3 is 2.90 bits per heavy atom. The minimum absolute atomic E-state index is 0.192. The monoisotopic (exact) mass is 274 g/mol. The summed E-state index contributed by atoms with van der Waals surface area (Å²) in [5, 5.41) is 0. The summed E-state index contributed by atoms with van der Waals surface area (Å²) in [6, 6.07) is 6.03. The lowest BCUT2D eigenvalue weighted by molar-refractivity contribution is -0.136. The molecule has 0 saturated heterocycles. The van der Waals surface area contributed by atoms with E-state index in [9.17, 15) is 4.79 Å². The number of rotatable bonds is 5. The number of fused-ring (bicyclic) bond motifs is 1. The summed E-state index contributed by atoms with van der Waals surface area (Å²) in [7, 11) is 0. The average Bonchev–Trinajstić information content (AvgIpc) is 2.47. The van der Waals surface area contributed by atoms with Crippen LogP contribution in [0.2, 0.25) is 0 Å². The van der Waals surface area contributed by atoms with Gasteiger partial charge in [0.25, 0.3) is 0 Å². The van der Waals surface area contributed by atoms with Gasteiger partial charge in [-0.05, 0) is 36.5 Å². The number of carbonyl (C=O) groups is 1. The highest BCUT2D eigenvalue weighted by Gasteiger charge is 2.26. The quantitative estimate of drug-likeness (QED) is 0.837. The molecule has 2 rings (SSSR count). The smallest absolute Gasteiger partial charge is 0.225 e. The molecule has 0 bridgehead atoms. The molecule has 0 spiro atoms. The Bertz CT molecular complexity index is 470. The van der Waals surface area contributed by atoms with Crippen LogP contribution in [0.5, 0.6) is 0 Å². The van der Waals surface area contributed by atoms with Crippen LogP contribution in [0.25, 0.3) is 0 Å². The second kappa shape index (κ2) is 6.78. The molecule has 1 atom stereocenters. The highest BCUT2D eigenvalue weighted by molar-refractivity contribution is 5.79. The van der Waals surface area contributed by atoms with Gasteiger partial charge in [0.2, 0.25) is 5.91 Å². The molecule has 3 heteroatoms. The van der Waals surface area contributed by atoms with Crippen molar-refractivity contribution in [3.8, 4) is 0 Å². The zero-order valence-electron chi connectivity index (χ0n) is 12.7. The molecule has 0 radical (unpaired) electrons. The van der Waals surface area contributed by atoms with Crippen LogP contribution in [0.1, 0.15) is 50.7 Å². The molecule has 2 N–H and O–H groups in total. The second-order valence-electron chi connectivity index (χ2n) is 5.74. The topological polar surface area (TPSA) is 46.3 Å². The van der Waals surface area contributed by atoms with Gasteiger partial charge in [-0.2, -0.15) is 0 Å². The number of unbranched alkanes of at least 4 members (excludes halogenated alkanes) is 1. The van der Waals surface area contributed by atoms with Crippen molar-refractivity contribution in [2.24, 2.45) is 5.92 Å². The Morgan fingerprint density at radius 2 is 2.20 bits per heavy atom. The number of anilines is 1. The van der Waals surface area contributed by atoms with Crippen LogP contribution in [-0.2, 0) is 17.8 Å². The van der Waals surface area contributed by atoms with Crippen LogP contribution in [0, 0.1) is 5.92 Å². The number of amides is 1. The summed E-state index contributed by atoms with van der Waals surface area (Å²) in [5.41, 5.74) is 9.33. The van der Waals surface area contributed by atoms with Gasteiger partial charge in [-0.3, -0.25) is 4.79 Å². The third-order valence-corrected chi connectivity index (χ3v) is 4.36. The third kappa shape index (κ3) is 3.14. The molecule has 0 saturated carbocycles. The molecule has 0 aromatic heterocycles. The van der Waals surface area contributed by atoms with Crippen molar-refractivity contribution in [2.75, 3.05) is 12.3 Å². The van der Waals surface area contributed by atoms with Crippen LogP contribution in [-0.4, -0.2) is 17.4 Å². The average molecular weight is 274 g/mol. The Labute approximate surface area is 122 Å². The van der Waals surface area contributed by atoms with Crippen LogP contribution in [0.4, 0.5) is 5.69 Å². The minimum Gasteiger partial charge on any atom is -0.398 e. The fraction of sp³-hybridized carbons (Fsp3) is 0.588. The van der Waals surface area contributed by atoms with E-state index < -0.39 is 0 Å². The number of nitrogen functional groups attached to an aromatic ring is 1. The lowest BCUT2D eigenvalue weighted by Crippen LogP contribution is -2.39. The Morgan fingerprint density at radius 1 is 1.40 bits per heavy atom. The van der Waals surface area contributed by atoms with Gasteiger partial charge in [0.1, 0.15) is 0 Å². The second-order valence-corrected chi connectivity index (χ2v) is 5.74. The molecule has 1 amide bonds. The van der Waals surface area contributed by atoms with Crippen molar-refractivity contribution < 1.29 is 4.79 Å². The van der Waals surface area contributed by atoms with Gasteiger partial charge in [0.05, 0.1) is 0 Å². The Balaban J connectivity index is 2.06. The number of hydrogen-bond acceptors (Lipinski definition) is 2. The molecule has 1 aromatic rings. The summed E-state index contributed by atoms with van der Waals surface area (Å²) in [4.78, 5) is 14.6. The fourth-order valence-corrected chi connectivity index (χ4v) is 3.04. The molecule has 0 aliphatic carbocycles. The number of nitrogens with zero attached hydrogens (tertiary/aromatic N) is 1. The van der Waals surface area contributed by atoms with E-state index >= 15 is 0 Å². The first-order valence-corrected chi connectivity index (χ1v) is 7.82. The largest absolute Gasteiger partial charge is 0.398 e. The normalized spacial score (nSPS) is 15.8. The first kappa shape index (κ1) is 14.9. The van der Waals surface area contributed by atoms with Gasteiger partial charge in [0, 0.05) is 24.7 Å². The zero-order valence-corrected chi connectivity index (χ0v) is 12.7. The Hall–Kier alpha value is -1.51. The van der Waals surface area contributed by atoms with Crippen molar-refractivity contribution in [1.82, 2.24) is 4.90 Å². The maximum absolute atomic E-state index is 12.6. The third-order valence-electron chi connectivity index (χ3n) is 4.36. The summed E-state index contributed by atoms with van der Waals surface area (Å²) in [6.45, 7) is 5.83. The first-order valence-electron chi connectivity index (χ1n) is 7.82. The van der Waals surface area contributed by atoms with Crippen molar-refractivity contribution in [2.45, 2.75) is 52.5 Å². The van der Waals surface area contributed by atoms with E-state index in [2.05, 4.69) is 19.9 Å². The van der Waals surface area contributed by atoms with E-state index in [0.29, 0.717) is 5.91 Å². The summed E-state index contributed by atoms with van der Waals surface area (Å²) >= 11 is 0. The molecule has 3 nitrogen and oxygen atoms in total. The van der Waals surface area contributed by atoms with E-state index in [1.807, 2.05) is 17.0 Å². The molecular formula is C17H26N2O. The van der Waals surface area contributed by atoms with Gasteiger partial charge in [-0.15, -0.1) is 0 Å². The van der Waals surface area contributed by atoms with Crippen LogP contribution < -0.4 is 5.73 Å². The highest BCUT2D eigenvalue weighted by Crippen LogP contribution is 2.26. The van der Waals surface area contributed by atoms with Gasteiger partial charge >= 0.3 is 0 Å². The van der Waals surface area contributed by atoms with Gasteiger partial charge in [-0.25, -0.2) is 0 Å². The van der Waals surface area contributed by atoms with E-state index in [4.69, 9.17) is 5.73 Å². The summed E-state index contributed by atoms with van der Waals surface area (Å²) < 4.78 is 0. The standard InChI is InChI=1S/C17H26N2O/c1-3-5-7-13(4-2)17(20)19-11-10-15-14(12-19)8-6-9-16(15)18/h6,8-9,13H,3-5,7,10-12,18H2,1-2H3. The van der Waals surface area contributed by atoms with Gasteiger partial charge in [-0.1, -0.05) is 38.8 Å². The Kier molecular flexibility index (Phi) is 5.05. The van der Waals surface area contributed by atoms with E-state index in [1.54, 1.807) is 0 Å². The van der Waals surface area contributed by atoms with Crippen LogP contribution in [0.15, 0.2) is 18.2 Å². The molecule has 20 heavy (non-hydrogen) atoms. The van der Waals surface area contributed by atoms with Crippen molar-refractivity contribution in [3.05, 3.63) is 29.3 Å². The molecule has 1 unspecified atom stereocenters.